The van der Waals surface area contributed by atoms with Gasteiger partial charge in [-0.25, -0.2) is 4.98 Å². The Kier molecular flexibility index (Phi) is 4.73. The van der Waals surface area contributed by atoms with Crippen molar-refractivity contribution in [3.63, 3.8) is 0 Å². The fourth-order valence-electron chi connectivity index (χ4n) is 2.24. The van der Waals surface area contributed by atoms with Gasteiger partial charge in [0.05, 0.1) is 6.54 Å². The molecule has 1 aromatic heterocycles. The SMILES string of the molecule is CCn1ccnc(N(C)CC(=O)N2CCNCC2)c1=O. The third kappa shape index (κ3) is 3.16. The molecule has 20 heavy (non-hydrogen) atoms. The van der Waals surface area contributed by atoms with Crippen molar-refractivity contribution in [2.45, 2.75) is 13.5 Å². The standard InChI is InChI=1S/C13H21N5O2/c1-3-17-9-6-15-12(13(17)20)16(2)10-11(19)18-7-4-14-5-8-18/h6,9,14H,3-5,7-8,10H2,1-2H3. The maximum Gasteiger partial charge on any atom is 0.293 e. The van der Waals surface area contributed by atoms with Crippen molar-refractivity contribution in [1.29, 1.82) is 0 Å². The lowest BCUT2D eigenvalue weighted by atomic mass is 10.3. The number of amides is 1. The topological polar surface area (TPSA) is 70.5 Å². The summed E-state index contributed by atoms with van der Waals surface area (Å²) < 4.78 is 1.58. The van der Waals surface area contributed by atoms with Crippen molar-refractivity contribution in [2.75, 3.05) is 44.7 Å². The molecule has 1 aromatic rings. The number of carbonyl (C=O) groups is 1. The van der Waals surface area contributed by atoms with E-state index in [0.29, 0.717) is 25.5 Å². The zero-order valence-electron chi connectivity index (χ0n) is 12.0. The van der Waals surface area contributed by atoms with Crippen molar-refractivity contribution in [1.82, 2.24) is 19.8 Å². The first-order valence-corrected chi connectivity index (χ1v) is 6.88. The van der Waals surface area contributed by atoms with Crippen LogP contribution in [-0.4, -0.2) is 60.1 Å². The van der Waals surface area contributed by atoms with Gasteiger partial charge in [-0.15, -0.1) is 0 Å². The van der Waals surface area contributed by atoms with Gasteiger partial charge in [0.15, 0.2) is 5.82 Å². The lowest BCUT2D eigenvalue weighted by Gasteiger charge is -2.29. The van der Waals surface area contributed by atoms with Gasteiger partial charge in [-0.05, 0) is 6.92 Å². The Bertz CT molecular complexity index is 522. The van der Waals surface area contributed by atoms with Crippen LogP contribution in [0.25, 0.3) is 0 Å². The molecule has 7 nitrogen and oxygen atoms in total. The van der Waals surface area contributed by atoms with Crippen LogP contribution in [0, 0.1) is 0 Å². The molecule has 0 radical (unpaired) electrons. The Hall–Kier alpha value is -1.89. The molecule has 1 amide bonds. The Morgan fingerprint density at radius 2 is 2.15 bits per heavy atom. The predicted molar refractivity (Wildman–Crippen MR) is 76.9 cm³/mol. The van der Waals surface area contributed by atoms with Gasteiger partial charge in [0.25, 0.3) is 5.56 Å². The predicted octanol–water partition coefficient (Wildman–Crippen LogP) is -0.869. The zero-order valence-corrected chi connectivity index (χ0v) is 12.0. The van der Waals surface area contributed by atoms with Gasteiger partial charge < -0.3 is 19.7 Å². The van der Waals surface area contributed by atoms with Crippen molar-refractivity contribution in [3.05, 3.63) is 22.7 Å². The van der Waals surface area contributed by atoms with E-state index in [1.807, 2.05) is 11.8 Å². The number of piperazine rings is 1. The van der Waals surface area contributed by atoms with Crippen molar-refractivity contribution < 1.29 is 4.79 Å². The molecule has 0 aromatic carbocycles. The number of aryl methyl sites for hydroxylation is 1. The number of hydrogen-bond acceptors (Lipinski definition) is 5. The Morgan fingerprint density at radius 3 is 2.80 bits per heavy atom. The van der Waals surface area contributed by atoms with E-state index < -0.39 is 0 Å². The fraction of sp³-hybridized carbons (Fsp3) is 0.615. The first-order valence-electron chi connectivity index (χ1n) is 6.88. The monoisotopic (exact) mass is 279 g/mol. The smallest absolute Gasteiger partial charge is 0.293 e. The molecule has 7 heteroatoms. The summed E-state index contributed by atoms with van der Waals surface area (Å²) in [6, 6.07) is 0. The molecular weight excluding hydrogens is 258 g/mol. The first-order chi connectivity index (χ1) is 9.63. The number of rotatable bonds is 4. The number of likely N-dealkylation sites (N-methyl/N-ethyl adjacent to an activating group) is 1. The Labute approximate surface area is 118 Å². The number of aromatic nitrogens is 2. The quantitative estimate of drug-likeness (QED) is 0.776. The molecule has 110 valence electrons. The van der Waals surface area contributed by atoms with E-state index in [0.717, 1.165) is 13.1 Å². The van der Waals surface area contributed by atoms with Gasteiger partial charge in [0.2, 0.25) is 5.91 Å². The fourth-order valence-corrected chi connectivity index (χ4v) is 2.24. The summed E-state index contributed by atoms with van der Waals surface area (Å²) in [6.45, 7) is 5.74. The van der Waals surface area contributed by atoms with Crippen LogP contribution in [0.15, 0.2) is 17.2 Å². The van der Waals surface area contributed by atoms with Crippen LogP contribution in [0.3, 0.4) is 0 Å². The number of nitrogens with one attached hydrogen (secondary N) is 1. The van der Waals surface area contributed by atoms with Crippen molar-refractivity contribution >= 4 is 11.7 Å². The molecule has 0 atom stereocenters. The van der Waals surface area contributed by atoms with E-state index in [4.69, 9.17) is 0 Å². The lowest BCUT2D eigenvalue weighted by Crippen LogP contribution is -2.49. The van der Waals surface area contributed by atoms with Gasteiger partial charge >= 0.3 is 0 Å². The minimum absolute atomic E-state index is 0.0297. The van der Waals surface area contributed by atoms with E-state index in [1.54, 1.807) is 28.9 Å². The van der Waals surface area contributed by atoms with Crippen LogP contribution in [0.4, 0.5) is 5.82 Å². The number of carbonyl (C=O) groups excluding carboxylic acids is 1. The average molecular weight is 279 g/mol. The summed E-state index contributed by atoms with van der Waals surface area (Å²) in [6.07, 6.45) is 3.24. The number of anilines is 1. The van der Waals surface area contributed by atoms with Crippen LogP contribution >= 0.6 is 0 Å². The third-order valence-electron chi connectivity index (χ3n) is 3.44. The molecule has 0 spiro atoms. The second-order valence-corrected chi connectivity index (χ2v) is 4.83. The number of nitrogens with zero attached hydrogens (tertiary/aromatic N) is 4. The van der Waals surface area contributed by atoms with Gasteiger partial charge in [0, 0.05) is 52.2 Å². The molecule has 1 fully saturated rings. The van der Waals surface area contributed by atoms with Crippen molar-refractivity contribution in [3.8, 4) is 0 Å². The van der Waals surface area contributed by atoms with Crippen LogP contribution in [0.5, 0.6) is 0 Å². The summed E-state index contributed by atoms with van der Waals surface area (Å²) in [4.78, 5) is 31.8. The maximum atomic E-state index is 12.2. The normalized spacial score (nSPS) is 15.2. The molecule has 0 unspecified atom stereocenters. The Morgan fingerprint density at radius 1 is 1.45 bits per heavy atom. The van der Waals surface area contributed by atoms with E-state index in [1.165, 1.54) is 0 Å². The molecule has 1 aliphatic rings. The highest BCUT2D eigenvalue weighted by atomic mass is 16.2. The summed E-state index contributed by atoms with van der Waals surface area (Å²) in [5.74, 6) is 0.347. The molecule has 2 rings (SSSR count). The lowest BCUT2D eigenvalue weighted by molar-refractivity contribution is -0.130. The summed E-state index contributed by atoms with van der Waals surface area (Å²) in [7, 11) is 1.73. The van der Waals surface area contributed by atoms with E-state index in [9.17, 15) is 9.59 Å². The zero-order chi connectivity index (χ0) is 14.5. The molecule has 0 saturated carbocycles. The maximum absolute atomic E-state index is 12.2. The van der Waals surface area contributed by atoms with Crippen molar-refractivity contribution in [2.24, 2.45) is 0 Å². The average Bonchev–Trinajstić information content (AvgIpc) is 2.48. The van der Waals surface area contributed by atoms with E-state index in [-0.39, 0.29) is 18.0 Å². The Balaban J connectivity index is 2.06. The highest BCUT2D eigenvalue weighted by Gasteiger charge is 2.19. The minimum Gasteiger partial charge on any atom is -0.346 e. The minimum atomic E-state index is -0.161. The highest BCUT2D eigenvalue weighted by molar-refractivity contribution is 5.81. The molecule has 1 aliphatic heterocycles. The first kappa shape index (κ1) is 14.5. The van der Waals surface area contributed by atoms with Crippen LogP contribution < -0.4 is 15.8 Å². The summed E-state index contributed by atoms with van der Waals surface area (Å²) in [5.41, 5.74) is -0.161. The second-order valence-electron chi connectivity index (χ2n) is 4.83. The van der Waals surface area contributed by atoms with E-state index in [2.05, 4.69) is 10.3 Å². The second kappa shape index (κ2) is 6.51. The molecule has 1 N–H and O–H groups in total. The van der Waals surface area contributed by atoms with Crippen LogP contribution in [-0.2, 0) is 11.3 Å². The van der Waals surface area contributed by atoms with E-state index >= 15 is 0 Å². The van der Waals surface area contributed by atoms with Gasteiger partial charge in [0.1, 0.15) is 0 Å². The van der Waals surface area contributed by atoms with Gasteiger partial charge in [-0.3, -0.25) is 9.59 Å². The van der Waals surface area contributed by atoms with Crippen LogP contribution in [0.2, 0.25) is 0 Å². The third-order valence-corrected chi connectivity index (χ3v) is 3.44. The van der Waals surface area contributed by atoms with Gasteiger partial charge in [-0.2, -0.15) is 0 Å². The highest BCUT2D eigenvalue weighted by Crippen LogP contribution is 2.02. The largest absolute Gasteiger partial charge is 0.346 e. The number of hydrogen-bond donors (Lipinski definition) is 1. The van der Waals surface area contributed by atoms with Crippen LogP contribution in [0.1, 0.15) is 6.92 Å². The molecular formula is C13H21N5O2. The summed E-state index contributed by atoms with van der Waals surface area (Å²) in [5, 5.41) is 3.21. The molecule has 2 heterocycles. The molecule has 0 bridgehead atoms. The van der Waals surface area contributed by atoms with Gasteiger partial charge in [-0.1, -0.05) is 0 Å². The molecule has 0 aliphatic carbocycles. The summed E-state index contributed by atoms with van der Waals surface area (Å²) >= 11 is 0. The molecule has 1 saturated heterocycles.